The van der Waals surface area contributed by atoms with Crippen LogP contribution < -0.4 is 9.46 Å². The Kier molecular flexibility index (Phi) is 7.53. The molecule has 0 aliphatic rings. The van der Waals surface area contributed by atoms with Crippen LogP contribution in [-0.4, -0.2) is 65.1 Å². The number of nitrogens with one attached hydrogen (secondary N) is 1. The maximum Gasteiger partial charge on any atom is 0.257 e. The lowest BCUT2D eigenvalue weighted by atomic mass is 10.3. The van der Waals surface area contributed by atoms with Gasteiger partial charge >= 0.3 is 0 Å². The molecule has 210 valence electrons. The van der Waals surface area contributed by atoms with E-state index in [0.29, 0.717) is 17.1 Å². The van der Waals surface area contributed by atoms with Gasteiger partial charge in [-0.1, -0.05) is 23.7 Å². The minimum atomic E-state index is -4.19. The number of sulfone groups is 1. The van der Waals surface area contributed by atoms with E-state index in [2.05, 4.69) is 35.1 Å². The molecule has 4 heterocycles. The molecule has 5 rings (SSSR count). The fourth-order valence-corrected chi connectivity index (χ4v) is 5.02. The number of anilines is 1. The van der Waals surface area contributed by atoms with Gasteiger partial charge in [-0.2, -0.15) is 0 Å². The van der Waals surface area contributed by atoms with Crippen molar-refractivity contribution in [3.05, 3.63) is 77.2 Å². The number of nitrogens with zero attached hydrogens (tertiary/aromatic N) is 7. The summed E-state index contributed by atoms with van der Waals surface area (Å²) >= 11 is 6.41. The van der Waals surface area contributed by atoms with E-state index in [1.165, 1.54) is 36.2 Å². The van der Waals surface area contributed by atoms with Crippen LogP contribution in [0.15, 0.2) is 75.6 Å². The van der Waals surface area contributed by atoms with E-state index in [1.807, 2.05) is 0 Å². The molecule has 0 radical (unpaired) electrons. The Morgan fingerprint density at radius 3 is 2.51 bits per heavy atom. The van der Waals surface area contributed by atoms with E-state index in [1.54, 1.807) is 36.4 Å². The number of pyridine rings is 2. The number of halogens is 1. The Morgan fingerprint density at radius 1 is 1.00 bits per heavy atom. The summed E-state index contributed by atoms with van der Waals surface area (Å²) in [6.45, 7) is 0. The fraction of sp³-hybridized carbons (Fsp3) is 0.0833. The molecule has 0 amide bonds. The van der Waals surface area contributed by atoms with Gasteiger partial charge in [0.15, 0.2) is 15.7 Å². The monoisotopic (exact) mass is 614 g/mol. The number of methoxy groups -OCH3 is 1. The Balaban J connectivity index is 1.46. The number of para-hydroxylation sites is 1. The largest absolute Gasteiger partial charge is 0.481 e. The molecule has 14 nitrogen and oxygen atoms in total. The molecular weight excluding hydrogens is 596 g/mol. The molecule has 0 aliphatic heterocycles. The molecule has 5 aromatic rings. The fourth-order valence-electron chi connectivity index (χ4n) is 3.49. The molecule has 0 aliphatic carbocycles. The van der Waals surface area contributed by atoms with Gasteiger partial charge in [0.25, 0.3) is 10.0 Å². The summed E-state index contributed by atoms with van der Waals surface area (Å²) in [6, 6.07) is 12.6. The van der Waals surface area contributed by atoms with Crippen molar-refractivity contribution >= 4 is 43.5 Å². The van der Waals surface area contributed by atoms with Gasteiger partial charge in [0.1, 0.15) is 5.69 Å². The summed E-state index contributed by atoms with van der Waals surface area (Å²) in [4.78, 5) is 8.19. The molecule has 0 unspecified atom stereocenters. The van der Waals surface area contributed by atoms with Crippen molar-refractivity contribution < 1.29 is 26.0 Å². The van der Waals surface area contributed by atoms with Gasteiger partial charge in [0.2, 0.25) is 23.6 Å². The molecule has 0 saturated heterocycles. The van der Waals surface area contributed by atoms with Crippen LogP contribution >= 0.6 is 11.6 Å². The average molecular weight is 615 g/mol. The molecule has 0 spiro atoms. The first-order chi connectivity index (χ1) is 19.5. The molecular formula is C24H19ClN8O6S2. The van der Waals surface area contributed by atoms with Crippen molar-refractivity contribution in [3.8, 4) is 34.5 Å². The minimum absolute atomic E-state index is 0.00312. The first kappa shape index (κ1) is 27.9. The second-order valence-electron chi connectivity index (χ2n) is 8.27. The first-order valence-corrected chi connectivity index (χ1v) is 15.3. The van der Waals surface area contributed by atoms with E-state index < -0.39 is 19.9 Å². The van der Waals surface area contributed by atoms with Crippen LogP contribution in [0.5, 0.6) is 5.88 Å². The van der Waals surface area contributed by atoms with Crippen molar-refractivity contribution in [2.75, 3.05) is 18.1 Å². The topological polar surface area (TPSA) is 185 Å². The van der Waals surface area contributed by atoms with Crippen LogP contribution in [0.4, 0.5) is 5.95 Å². The predicted molar refractivity (Wildman–Crippen MR) is 148 cm³/mol. The molecule has 1 N–H and O–H groups in total. The van der Waals surface area contributed by atoms with E-state index in [0.717, 1.165) is 17.7 Å². The molecule has 4 aromatic heterocycles. The third-order valence-corrected chi connectivity index (χ3v) is 7.78. The third-order valence-electron chi connectivity index (χ3n) is 5.40. The predicted octanol–water partition coefficient (Wildman–Crippen LogP) is 3.25. The number of hydrogen-bond donors (Lipinski definition) is 1. The summed E-state index contributed by atoms with van der Waals surface area (Å²) in [6.07, 6.45) is 4.84. The van der Waals surface area contributed by atoms with E-state index in [-0.39, 0.29) is 39.2 Å². The number of benzene rings is 1. The normalized spacial score (nSPS) is 12.1. The van der Waals surface area contributed by atoms with Gasteiger partial charge in [-0.05, 0) is 30.3 Å². The van der Waals surface area contributed by atoms with Gasteiger partial charge in [0, 0.05) is 36.4 Å². The highest BCUT2D eigenvalue weighted by Gasteiger charge is 2.22. The van der Waals surface area contributed by atoms with Crippen LogP contribution in [0.25, 0.3) is 34.7 Å². The second-order valence-corrected chi connectivity index (χ2v) is 12.3. The molecule has 17 heteroatoms. The molecule has 41 heavy (non-hydrogen) atoms. The zero-order chi connectivity index (χ0) is 29.2. The number of sulfonamides is 1. The van der Waals surface area contributed by atoms with Crippen LogP contribution in [0.3, 0.4) is 0 Å². The van der Waals surface area contributed by atoms with Gasteiger partial charge in [0.05, 0.1) is 28.1 Å². The summed E-state index contributed by atoms with van der Waals surface area (Å²) in [5.74, 6) is 0.293. The standard InChI is InChI=1S/C24H19ClN8O6S2/c1-38-21-13-15(9-11-26-21)23-30-28-20(39-23)10-12-41(36,37)32-24-31-29-22(33(24)19-6-4-3-5-17(19)25)18-8-7-16(14-27-18)40(2,34)35/h3-14H,1-2H3,(H,31,32)/b12-10+. The van der Waals surface area contributed by atoms with Crippen molar-refractivity contribution in [1.82, 2.24) is 34.9 Å². The smallest absolute Gasteiger partial charge is 0.257 e. The number of hydrogen-bond acceptors (Lipinski definition) is 12. The summed E-state index contributed by atoms with van der Waals surface area (Å²) < 4.78 is 64.0. The van der Waals surface area contributed by atoms with Crippen LogP contribution in [-0.2, 0) is 19.9 Å². The average Bonchev–Trinajstić information content (AvgIpc) is 3.59. The maximum atomic E-state index is 13.0. The molecule has 0 bridgehead atoms. The van der Waals surface area contributed by atoms with Crippen molar-refractivity contribution in [1.29, 1.82) is 0 Å². The van der Waals surface area contributed by atoms with Gasteiger partial charge in [-0.25, -0.2) is 26.5 Å². The summed E-state index contributed by atoms with van der Waals surface area (Å²) in [5, 5.41) is 16.9. The van der Waals surface area contributed by atoms with Gasteiger partial charge in [-0.3, -0.25) is 9.55 Å². The highest BCUT2D eigenvalue weighted by Crippen LogP contribution is 2.30. The number of rotatable bonds is 9. The Bertz CT molecular complexity index is 1970. The van der Waals surface area contributed by atoms with Gasteiger partial charge in [-0.15, -0.1) is 20.4 Å². The van der Waals surface area contributed by atoms with Crippen molar-refractivity contribution in [3.63, 3.8) is 0 Å². The van der Waals surface area contributed by atoms with E-state index in [4.69, 9.17) is 20.8 Å². The lowest BCUT2D eigenvalue weighted by Gasteiger charge is -2.12. The van der Waals surface area contributed by atoms with Crippen LogP contribution in [0.1, 0.15) is 5.89 Å². The second kappa shape index (κ2) is 11.1. The van der Waals surface area contributed by atoms with Crippen LogP contribution in [0, 0.1) is 0 Å². The zero-order valence-electron chi connectivity index (χ0n) is 21.2. The molecule has 1 aromatic carbocycles. The van der Waals surface area contributed by atoms with Crippen molar-refractivity contribution in [2.24, 2.45) is 0 Å². The van der Waals surface area contributed by atoms with Crippen LogP contribution in [0.2, 0.25) is 5.02 Å². The Labute approximate surface area is 238 Å². The van der Waals surface area contributed by atoms with E-state index >= 15 is 0 Å². The maximum absolute atomic E-state index is 13.0. The molecule has 0 atom stereocenters. The highest BCUT2D eigenvalue weighted by molar-refractivity contribution is 7.95. The Morgan fingerprint density at radius 2 is 1.80 bits per heavy atom. The van der Waals surface area contributed by atoms with Crippen molar-refractivity contribution in [2.45, 2.75) is 4.90 Å². The third kappa shape index (κ3) is 6.24. The number of ether oxygens (including phenoxy) is 1. The summed E-state index contributed by atoms with van der Waals surface area (Å²) in [7, 11) is -6.21. The highest BCUT2D eigenvalue weighted by atomic mass is 35.5. The Hall–Kier alpha value is -4.67. The SMILES string of the molecule is COc1cc(-c2nnc(/C=C/S(=O)(=O)Nc3nnc(-c4ccc(S(C)(=O)=O)cn4)n3-c3ccccc3Cl)o2)ccn1. The molecule has 0 fully saturated rings. The van der Waals surface area contributed by atoms with E-state index in [9.17, 15) is 16.8 Å². The quantitative estimate of drug-likeness (QED) is 0.256. The lowest BCUT2D eigenvalue weighted by Crippen LogP contribution is -2.14. The molecule has 0 saturated carbocycles. The first-order valence-electron chi connectivity index (χ1n) is 11.5. The minimum Gasteiger partial charge on any atom is -0.481 e. The zero-order valence-corrected chi connectivity index (χ0v) is 23.6. The summed E-state index contributed by atoms with van der Waals surface area (Å²) in [5.41, 5.74) is 1.10. The number of aromatic nitrogens is 7. The van der Waals surface area contributed by atoms with Gasteiger partial charge < -0.3 is 9.15 Å². The lowest BCUT2D eigenvalue weighted by molar-refractivity contribution is 0.398.